The number of ketones is 2. The van der Waals surface area contributed by atoms with Crippen LogP contribution in [-0.4, -0.2) is 38.6 Å². The first-order valence-corrected chi connectivity index (χ1v) is 15.9. The number of rotatable bonds is 6. The van der Waals surface area contributed by atoms with Crippen molar-refractivity contribution in [3.05, 3.63) is 24.3 Å². The number of hydrogen-bond donors (Lipinski definition) is 0. The molecule has 0 amide bonds. The van der Waals surface area contributed by atoms with Gasteiger partial charge in [0.25, 0.3) is 0 Å². The Hall–Kier alpha value is -1.53. The van der Waals surface area contributed by atoms with Gasteiger partial charge in [0.15, 0.2) is 14.1 Å². The van der Waals surface area contributed by atoms with Gasteiger partial charge in [-0.2, -0.15) is 0 Å². The van der Waals surface area contributed by atoms with E-state index in [0.29, 0.717) is 5.92 Å². The second-order valence-electron chi connectivity index (χ2n) is 12.7. The van der Waals surface area contributed by atoms with E-state index in [-0.39, 0.29) is 46.9 Å². The molecule has 0 heterocycles. The van der Waals surface area contributed by atoms with E-state index in [4.69, 9.17) is 9.16 Å². The quantitative estimate of drug-likeness (QED) is 0.223. The maximum Gasteiger partial charge on any atom is 0.316 e. The zero-order valence-electron chi connectivity index (χ0n) is 22.1. The SMILES string of the molecule is C=C(C)[C@@H]1[C@@H]([C@@H]2C(C(=O)OCC)C(=O)[C@H](C)[C@H]2O[Si](C)(C)C(C)(C)C)C(=O)[C@@H]2[C@H]1[C@@H]1C=C[C@H]2C1. The van der Waals surface area contributed by atoms with Crippen molar-refractivity contribution in [3.63, 3.8) is 0 Å². The Labute approximate surface area is 205 Å². The molecule has 6 heteroatoms. The Bertz CT molecular complexity index is 928. The summed E-state index contributed by atoms with van der Waals surface area (Å²) < 4.78 is 12.3. The number of hydrogen-bond acceptors (Lipinski definition) is 5. The van der Waals surface area contributed by atoms with Gasteiger partial charge in [-0.05, 0) is 62.1 Å². The van der Waals surface area contributed by atoms with Crippen molar-refractivity contribution in [1.82, 2.24) is 0 Å². The van der Waals surface area contributed by atoms with Gasteiger partial charge >= 0.3 is 5.97 Å². The van der Waals surface area contributed by atoms with Gasteiger partial charge in [-0.15, -0.1) is 0 Å². The predicted molar refractivity (Wildman–Crippen MR) is 134 cm³/mol. The van der Waals surface area contributed by atoms with Crippen molar-refractivity contribution in [3.8, 4) is 0 Å². The smallest absolute Gasteiger partial charge is 0.316 e. The molecule has 0 aliphatic heterocycles. The highest BCUT2D eigenvalue weighted by molar-refractivity contribution is 6.74. The largest absolute Gasteiger partial charge is 0.465 e. The van der Waals surface area contributed by atoms with Crippen molar-refractivity contribution in [1.29, 1.82) is 0 Å². The van der Waals surface area contributed by atoms with Gasteiger partial charge in [0, 0.05) is 23.7 Å². The second kappa shape index (κ2) is 8.54. The summed E-state index contributed by atoms with van der Waals surface area (Å²) in [4.78, 5) is 41.0. The Kier molecular flexibility index (Phi) is 6.42. The molecule has 3 saturated carbocycles. The molecule has 0 aromatic heterocycles. The molecule has 0 radical (unpaired) electrons. The van der Waals surface area contributed by atoms with Crippen LogP contribution in [0, 0.1) is 53.3 Å². The normalized spacial score (nSPS) is 41.3. The lowest BCUT2D eigenvalue weighted by Crippen LogP contribution is -2.49. The van der Waals surface area contributed by atoms with Gasteiger partial charge in [-0.3, -0.25) is 14.4 Å². The fourth-order valence-electron chi connectivity index (χ4n) is 7.23. The average molecular weight is 487 g/mol. The Morgan fingerprint density at radius 1 is 1.09 bits per heavy atom. The second-order valence-corrected chi connectivity index (χ2v) is 17.4. The van der Waals surface area contributed by atoms with E-state index in [2.05, 4.69) is 52.6 Å². The van der Waals surface area contributed by atoms with E-state index in [9.17, 15) is 14.4 Å². The molecule has 4 rings (SSSR count). The molecule has 1 unspecified atom stereocenters. The fourth-order valence-corrected chi connectivity index (χ4v) is 8.62. The van der Waals surface area contributed by atoms with Crippen LogP contribution in [0.25, 0.3) is 0 Å². The zero-order valence-corrected chi connectivity index (χ0v) is 23.1. The summed E-state index contributed by atoms with van der Waals surface area (Å²) in [5.41, 5.74) is 0.979. The summed E-state index contributed by atoms with van der Waals surface area (Å²) in [6, 6.07) is 0. The number of fused-ring (bicyclic) bond motifs is 5. The first-order chi connectivity index (χ1) is 15.7. The Morgan fingerprint density at radius 3 is 2.26 bits per heavy atom. The standard InChI is InChI=1S/C28H42O5Si/c1-10-32-27(31)23-22(26(15(4)24(23)29)33-34(8,9)28(5,6)7)21-18(14(2)3)19-16-11-12-17(13-16)20(19)25(21)30/h11-12,15-23,26H,2,10,13H2,1,3-9H3/t15-,16+,17-,18-,19-,20-,21-,22+,23?,26+/m0/s1. The van der Waals surface area contributed by atoms with Crippen LogP contribution in [0.2, 0.25) is 18.1 Å². The maximum absolute atomic E-state index is 14.1. The summed E-state index contributed by atoms with van der Waals surface area (Å²) >= 11 is 0. The van der Waals surface area contributed by atoms with E-state index in [1.165, 1.54) is 0 Å². The van der Waals surface area contributed by atoms with Crippen LogP contribution in [0.3, 0.4) is 0 Å². The maximum atomic E-state index is 14.1. The summed E-state index contributed by atoms with van der Waals surface area (Å²) in [6.45, 7) is 21.0. The van der Waals surface area contributed by atoms with Crippen molar-refractivity contribution < 1.29 is 23.5 Å². The summed E-state index contributed by atoms with van der Waals surface area (Å²) in [6.07, 6.45) is 5.04. The van der Waals surface area contributed by atoms with Crippen LogP contribution in [0.5, 0.6) is 0 Å². The van der Waals surface area contributed by atoms with Gasteiger partial charge in [0.1, 0.15) is 11.7 Å². The minimum atomic E-state index is -2.28. The molecular weight excluding hydrogens is 444 g/mol. The predicted octanol–water partition coefficient (Wildman–Crippen LogP) is 5.22. The van der Waals surface area contributed by atoms with Crippen LogP contribution in [0.1, 0.15) is 48.0 Å². The molecule has 0 spiro atoms. The van der Waals surface area contributed by atoms with E-state index in [1.54, 1.807) is 6.92 Å². The molecule has 10 atom stereocenters. The molecule has 188 valence electrons. The lowest BCUT2D eigenvalue weighted by molar-refractivity contribution is -0.154. The molecule has 34 heavy (non-hydrogen) atoms. The number of Topliss-reactive ketones (excluding diaryl/α,β-unsaturated/α-hetero) is 2. The molecule has 0 aromatic carbocycles. The number of ether oxygens (including phenoxy) is 1. The van der Waals surface area contributed by atoms with Crippen LogP contribution >= 0.6 is 0 Å². The van der Waals surface area contributed by atoms with Gasteiger partial charge in [0.2, 0.25) is 0 Å². The first-order valence-electron chi connectivity index (χ1n) is 13.0. The molecule has 0 N–H and O–H groups in total. The lowest BCUT2D eigenvalue weighted by Gasteiger charge is -2.42. The molecular formula is C28H42O5Si. The highest BCUT2D eigenvalue weighted by Gasteiger charge is 2.67. The number of esters is 1. The highest BCUT2D eigenvalue weighted by atomic mass is 28.4. The Balaban J connectivity index is 1.81. The van der Waals surface area contributed by atoms with Gasteiger partial charge in [-0.1, -0.05) is 52.0 Å². The van der Waals surface area contributed by atoms with Gasteiger partial charge in [0.05, 0.1) is 12.7 Å². The van der Waals surface area contributed by atoms with Crippen LogP contribution in [-0.2, 0) is 23.5 Å². The Morgan fingerprint density at radius 2 is 1.71 bits per heavy atom. The van der Waals surface area contributed by atoms with Crippen molar-refractivity contribution in [2.24, 2.45) is 53.3 Å². The fraction of sp³-hybridized carbons (Fsp3) is 0.750. The summed E-state index contributed by atoms with van der Waals surface area (Å²) in [7, 11) is -2.28. The number of carbonyl (C=O) groups is 3. The van der Waals surface area contributed by atoms with E-state index < -0.39 is 44.1 Å². The minimum Gasteiger partial charge on any atom is -0.465 e. The van der Waals surface area contributed by atoms with Gasteiger partial charge < -0.3 is 9.16 Å². The van der Waals surface area contributed by atoms with E-state index in [1.807, 2.05) is 13.8 Å². The molecule has 4 aliphatic rings. The van der Waals surface area contributed by atoms with Crippen molar-refractivity contribution in [2.45, 2.75) is 72.2 Å². The van der Waals surface area contributed by atoms with Crippen LogP contribution in [0.4, 0.5) is 0 Å². The third-order valence-corrected chi connectivity index (χ3v) is 14.2. The van der Waals surface area contributed by atoms with Crippen LogP contribution in [0.15, 0.2) is 24.3 Å². The summed E-state index contributed by atoms with van der Waals surface area (Å²) in [5.74, 6) is -2.00. The summed E-state index contributed by atoms with van der Waals surface area (Å²) in [5, 5.41) is -0.0602. The van der Waals surface area contributed by atoms with Gasteiger partial charge in [-0.25, -0.2) is 0 Å². The number of carbonyl (C=O) groups excluding carboxylic acids is 3. The molecule has 5 nitrogen and oxygen atoms in total. The van der Waals surface area contributed by atoms with E-state index >= 15 is 0 Å². The van der Waals surface area contributed by atoms with Crippen molar-refractivity contribution in [2.75, 3.05) is 6.61 Å². The first kappa shape index (κ1) is 25.6. The molecule has 0 saturated heterocycles. The highest BCUT2D eigenvalue weighted by Crippen LogP contribution is 2.63. The topological polar surface area (TPSA) is 69.7 Å². The van der Waals surface area contributed by atoms with Crippen molar-refractivity contribution >= 4 is 25.9 Å². The molecule has 2 bridgehead atoms. The lowest BCUT2D eigenvalue weighted by atomic mass is 9.70. The molecule has 0 aromatic rings. The molecule has 3 fully saturated rings. The average Bonchev–Trinajstić information content (AvgIpc) is 3.45. The van der Waals surface area contributed by atoms with Crippen LogP contribution < -0.4 is 0 Å². The minimum absolute atomic E-state index is 0.0379. The third kappa shape index (κ3) is 3.71. The van der Waals surface area contributed by atoms with E-state index in [0.717, 1.165) is 12.0 Å². The molecule has 4 aliphatic carbocycles. The number of allylic oxidation sites excluding steroid dienone is 3. The third-order valence-electron chi connectivity index (χ3n) is 9.75. The zero-order chi connectivity index (χ0) is 25.3. The monoisotopic (exact) mass is 486 g/mol.